The Bertz CT molecular complexity index is 1440. The molecular formula is C34H51FN6O7. The predicted molar refractivity (Wildman–Crippen MR) is 190 cm³/mol. The van der Waals surface area contributed by atoms with Gasteiger partial charge in [-0.05, 0) is 67.8 Å². The summed E-state index contributed by atoms with van der Waals surface area (Å²) in [4.78, 5) is 24.4. The maximum absolute atomic E-state index is 12.5. The van der Waals surface area contributed by atoms with Gasteiger partial charge in [0.05, 0.1) is 49.5 Å². The molecule has 48 heavy (non-hydrogen) atoms. The molecule has 3 aromatic carbocycles. The molecule has 0 unspecified atom stereocenters. The molecule has 3 aromatic rings. The minimum atomic E-state index is -0.549. The summed E-state index contributed by atoms with van der Waals surface area (Å²) in [5.74, 6) is -0.421. The number of nitro benzene ring substituents is 2. The summed E-state index contributed by atoms with van der Waals surface area (Å²) in [7, 11) is 0. The van der Waals surface area contributed by atoms with E-state index in [1.54, 1.807) is 12.1 Å². The van der Waals surface area contributed by atoms with E-state index < -0.39 is 10.7 Å². The zero-order chi connectivity index (χ0) is 34.2. The lowest BCUT2D eigenvalue weighted by Crippen LogP contribution is -2.36. The number of nitrogen functional groups attached to an aromatic ring is 1. The molecule has 0 saturated carbocycles. The van der Waals surface area contributed by atoms with Crippen LogP contribution in [0.5, 0.6) is 0 Å². The van der Waals surface area contributed by atoms with Gasteiger partial charge in [-0.15, -0.1) is 0 Å². The van der Waals surface area contributed by atoms with E-state index in [1.165, 1.54) is 24.2 Å². The molecule has 266 valence electrons. The second-order valence-corrected chi connectivity index (χ2v) is 11.0. The van der Waals surface area contributed by atoms with Crippen LogP contribution in [0.3, 0.4) is 0 Å². The lowest BCUT2D eigenvalue weighted by Gasteiger charge is -2.30. The van der Waals surface area contributed by atoms with Crippen LogP contribution in [-0.2, 0) is 14.2 Å². The van der Waals surface area contributed by atoms with E-state index in [0.717, 1.165) is 108 Å². The van der Waals surface area contributed by atoms with Gasteiger partial charge in [0.2, 0.25) is 0 Å². The molecule has 14 heteroatoms. The van der Waals surface area contributed by atoms with Gasteiger partial charge in [-0.1, -0.05) is 7.43 Å². The number of aryl methyl sites for hydroxylation is 3. The van der Waals surface area contributed by atoms with Crippen molar-refractivity contribution in [3.05, 3.63) is 97.3 Å². The first-order chi connectivity index (χ1) is 22.6. The molecule has 0 aliphatic carbocycles. The van der Waals surface area contributed by atoms with Crippen LogP contribution in [0.15, 0.2) is 54.6 Å². The molecule has 0 radical (unpaired) electrons. The van der Waals surface area contributed by atoms with Crippen molar-refractivity contribution in [3.8, 4) is 0 Å². The Morgan fingerprint density at radius 1 is 0.688 bits per heavy atom. The smallest absolute Gasteiger partial charge is 0.269 e. The minimum absolute atomic E-state index is 0. The molecule has 0 bridgehead atoms. The van der Waals surface area contributed by atoms with Crippen molar-refractivity contribution in [3.63, 3.8) is 0 Å². The number of halogens is 1. The number of non-ortho nitro benzene ring substituents is 2. The highest BCUT2D eigenvalue weighted by Crippen LogP contribution is 2.25. The average molecular weight is 675 g/mol. The molecule has 0 aromatic heterocycles. The molecule has 3 heterocycles. The highest BCUT2D eigenvalue weighted by Gasteiger charge is 2.16. The summed E-state index contributed by atoms with van der Waals surface area (Å²) >= 11 is 0. The van der Waals surface area contributed by atoms with Crippen LogP contribution < -0.4 is 20.9 Å². The number of benzene rings is 3. The third-order valence-electron chi connectivity index (χ3n) is 7.51. The Kier molecular flexibility index (Phi) is 17.2. The Balaban J connectivity index is 0.000000336. The summed E-state index contributed by atoms with van der Waals surface area (Å²) in [5, 5.41) is 23.9. The Morgan fingerprint density at radius 2 is 1.10 bits per heavy atom. The van der Waals surface area contributed by atoms with Crippen LogP contribution in [0, 0.1) is 46.8 Å². The Hall–Kier alpha value is -4.37. The van der Waals surface area contributed by atoms with E-state index in [9.17, 15) is 24.6 Å². The SMILES string of the molecule is C.C1COCCN1.Cc1cc(N)ccc1N1CCOCC1.Cc1cc([N+](=O)[O-])ccc1F.Cc1cc([N+](=O)[O-])ccc1N1CCOCC1.[HH]. The second-order valence-electron chi connectivity index (χ2n) is 11.0. The number of nitrogens with two attached hydrogens (primary N) is 1. The molecular weight excluding hydrogens is 623 g/mol. The molecule has 3 N–H and O–H groups in total. The van der Waals surface area contributed by atoms with Gasteiger partial charge >= 0.3 is 0 Å². The number of nitrogens with zero attached hydrogens (tertiary/aromatic N) is 4. The van der Waals surface area contributed by atoms with Crippen molar-refractivity contribution in [2.75, 3.05) is 94.4 Å². The molecule has 3 fully saturated rings. The van der Waals surface area contributed by atoms with Crippen LogP contribution >= 0.6 is 0 Å². The van der Waals surface area contributed by atoms with Crippen molar-refractivity contribution >= 4 is 28.4 Å². The number of ether oxygens (including phenoxy) is 3. The van der Waals surface area contributed by atoms with Crippen molar-refractivity contribution in [1.82, 2.24) is 5.32 Å². The van der Waals surface area contributed by atoms with E-state index in [0.29, 0.717) is 5.56 Å². The molecule has 13 nitrogen and oxygen atoms in total. The summed E-state index contributed by atoms with van der Waals surface area (Å²) in [6.45, 7) is 16.1. The predicted octanol–water partition coefficient (Wildman–Crippen LogP) is 5.68. The Labute approximate surface area is 283 Å². The molecule has 6 rings (SSSR count). The summed E-state index contributed by atoms with van der Waals surface area (Å²) in [5.41, 5.74) is 11.4. The molecule has 3 aliphatic rings. The molecule has 0 amide bonds. The third kappa shape index (κ3) is 13.0. The van der Waals surface area contributed by atoms with Gasteiger partial charge in [0, 0.05) is 82.0 Å². The van der Waals surface area contributed by atoms with Crippen LogP contribution in [-0.4, -0.2) is 88.8 Å². The number of hydrogen-bond donors (Lipinski definition) is 2. The van der Waals surface area contributed by atoms with Gasteiger partial charge in [0.15, 0.2) is 0 Å². The van der Waals surface area contributed by atoms with Gasteiger partial charge < -0.3 is 35.1 Å². The van der Waals surface area contributed by atoms with Gasteiger partial charge in [-0.2, -0.15) is 0 Å². The fraction of sp³-hybridized carbons (Fsp3) is 0.471. The number of nitro groups is 2. The highest BCUT2D eigenvalue weighted by atomic mass is 19.1. The number of anilines is 3. The standard InChI is InChI=1S/C11H14N2O3.C11H16N2O.C7H6FNO2.C4H9NO.CH4.H2/c1-9-8-10(13(14)15)2-3-11(9)12-4-6-16-7-5-12;1-9-8-10(12)2-3-11(9)13-4-6-14-7-5-13;1-5-4-6(9(10)11)2-3-7(5)8;1-3-6-4-2-5-1;;/h2-3,8H,4-7H2,1H3;2-3,8H,4-7,12H2,1H3;2-4H,1H3;5H,1-4H2;1H4;1H. The van der Waals surface area contributed by atoms with Gasteiger partial charge in [-0.3, -0.25) is 20.2 Å². The highest BCUT2D eigenvalue weighted by molar-refractivity contribution is 5.59. The van der Waals surface area contributed by atoms with Crippen LogP contribution in [0.2, 0.25) is 0 Å². The average Bonchev–Trinajstić information content (AvgIpc) is 3.08. The van der Waals surface area contributed by atoms with Crippen molar-refractivity contribution < 1.29 is 29.9 Å². The van der Waals surface area contributed by atoms with Crippen molar-refractivity contribution in [1.29, 1.82) is 0 Å². The zero-order valence-corrected chi connectivity index (χ0v) is 27.3. The maximum Gasteiger partial charge on any atom is 0.269 e. The van der Waals surface area contributed by atoms with Crippen molar-refractivity contribution in [2.24, 2.45) is 0 Å². The van der Waals surface area contributed by atoms with E-state index in [2.05, 4.69) is 28.1 Å². The first kappa shape index (κ1) is 39.8. The fourth-order valence-electron chi connectivity index (χ4n) is 5.01. The van der Waals surface area contributed by atoms with Gasteiger partial charge in [-0.25, -0.2) is 4.39 Å². The first-order valence-electron chi connectivity index (χ1n) is 15.5. The number of nitrogens with one attached hydrogen (secondary N) is 1. The maximum atomic E-state index is 12.5. The molecule has 3 saturated heterocycles. The second kappa shape index (κ2) is 20.8. The van der Waals surface area contributed by atoms with Crippen LogP contribution in [0.25, 0.3) is 0 Å². The number of rotatable bonds is 4. The number of hydrogen-bond acceptors (Lipinski definition) is 11. The van der Waals surface area contributed by atoms with Gasteiger partial charge in [0.1, 0.15) is 5.82 Å². The van der Waals surface area contributed by atoms with Crippen LogP contribution in [0.1, 0.15) is 25.5 Å². The van der Waals surface area contributed by atoms with E-state index in [4.69, 9.17) is 19.9 Å². The summed E-state index contributed by atoms with van der Waals surface area (Å²) in [6.07, 6.45) is 0. The van der Waals surface area contributed by atoms with E-state index >= 15 is 0 Å². The molecule has 0 atom stereocenters. The lowest BCUT2D eigenvalue weighted by atomic mass is 10.1. The lowest BCUT2D eigenvalue weighted by molar-refractivity contribution is -0.385. The summed E-state index contributed by atoms with van der Waals surface area (Å²) < 4.78 is 28.1. The molecule has 0 spiro atoms. The minimum Gasteiger partial charge on any atom is -0.399 e. The first-order valence-corrected chi connectivity index (χ1v) is 15.5. The zero-order valence-electron chi connectivity index (χ0n) is 27.3. The van der Waals surface area contributed by atoms with E-state index in [1.807, 2.05) is 25.1 Å². The molecule has 3 aliphatic heterocycles. The summed E-state index contributed by atoms with van der Waals surface area (Å²) in [6, 6.07) is 14.5. The Morgan fingerprint density at radius 3 is 1.48 bits per heavy atom. The van der Waals surface area contributed by atoms with Crippen molar-refractivity contribution in [2.45, 2.75) is 28.2 Å². The third-order valence-corrected chi connectivity index (χ3v) is 7.51. The topological polar surface area (TPSA) is 158 Å². The monoisotopic (exact) mass is 674 g/mol. The van der Waals surface area contributed by atoms with Gasteiger partial charge in [0.25, 0.3) is 11.4 Å². The quantitative estimate of drug-likeness (QED) is 0.199. The van der Waals surface area contributed by atoms with E-state index in [-0.39, 0.29) is 25.2 Å². The fourth-order valence-corrected chi connectivity index (χ4v) is 5.01. The van der Waals surface area contributed by atoms with Crippen LogP contribution in [0.4, 0.5) is 32.8 Å². The normalized spacial score (nSPS) is 15.6. The largest absolute Gasteiger partial charge is 0.399 e. The number of morpholine rings is 3.